The van der Waals surface area contributed by atoms with Gasteiger partial charge in [0.25, 0.3) is 11.8 Å². The van der Waals surface area contributed by atoms with Crippen LogP contribution in [-0.2, 0) is 10.5 Å². The van der Waals surface area contributed by atoms with Crippen LogP contribution >= 0.6 is 0 Å². The highest BCUT2D eigenvalue weighted by Crippen LogP contribution is 2.47. The van der Waals surface area contributed by atoms with Crippen molar-refractivity contribution in [3.63, 3.8) is 0 Å². The Morgan fingerprint density at radius 1 is 1.00 bits per heavy atom. The maximum absolute atomic E-state index is 13.3. The summed E-state index contributed by atoms with van der Waals surface area (Å²) in [7, 11) is 5.27. The first-order chi connectivity index (χ1) is 11.5. The average molecular weight is 322 g/mol. The fourth-order valence-electron chi connectivity index (χ4n) is 3.64. The van der Waals surface area contributed by atoms with Crippen LogP contribution in [-0.4, -0.2) is 43.0 Å². The van der Waals surface area contributed by atoms with Crippen molar-refractivity contribution in [3.05, 3.63) is 59.7 Å². The van der Waals surface area contributed by atoms with Crippen molar-refractivity contribution in [2.24, 2.45) is 0 Å². The zero-order chi connectivity index (χ0) is 17.1. The number of hydrazine groups is 1. The first kappa shape index (κ1) is 14.7. The number of fused-ring (bicyclic) bond motifs is 3. The molecule has 2 heterocycles. The molecule has 0 bridgehead atoms. The average Bonchev–Trinajstić information content (AvgIpc) is 2.78. The molecule has 0 saturated carbocycles. The summed E-state index contributed by atoms with van der Waals surface area (Å²) in [6.07, 6.45) is 0. The van der Waals surface area contributed by atoms with E-state index < -0.39 is 5.66 Å². The van der Waals surface area contributed by atoms with E-state index in [2.05, 4.69) is 5.32 Å². The number of nitrogens with zero attached hydrogens (tertiary/aromatic N) is 3. The smallest absolute Gasteiger partial charge is 0.279 e. The Hall–Kier alpha value is -2.86. The van der Waals surface area contributed by atoms with Gasteiger partial charge in [-0.1, -0.05) is 30.3 Å². The zero-order valence-electron chi connectivity index (χ0n) is 13.8. The third-order valence-corrected chi connectivity index (χ3v) is 4.65. The third kappa shape index (κ3) is 1.63. The van der Waals surface area contributed by atoms with Crippen LogP contribution in [0.3, 0.4) is 0 Å². The first-order valence-electron chi connectivity index (χ1n) is 7.75. The van der Waals surface area contributed by atoms with Gasteiger partial charge >= 0.3 is 0 Å². The zero-order valence-corrected chi connectivity index (χ0v) is 13.8. The highest BCUT2D eigenvalue weighted by Gasteiger charge is 2.59. The number of carbonyl (C=O) groups excluding carboxylic acids is 2. The molecule has 0 aliphatic carbocycles. The molecular weight excluding hydrogens is 304 g/mol. The van der Waals surface area contributed by atoms with Crippen LogP contribution < -0.4 is 10.2 Å². The topological polar surface area (TPSA) is 55.9 Å². The SMILES string of the molecule is CN1C(=O)C2(Nc3ccccc3C(=O)N2N(C)C)c2ccccc21. The van der Waals surface area contributed by atoms with E-state index >= 15 is 0 Å². The van der Waals surface area contributed by atoms with Crippen molar-refractivity contribution in [1.29, 1.82) is 0 Å². The molecule has 6 nitrogen and oxygen atoms in total. The van der Waals surface area contributed by atoms with Crippen LogP contribution in [0.5, 0.6) is 0 Å². The van der Waals surface area contributed by atoms with Crippen LogP contribution in [0.4, 0.5) is 11.4 Å². The lowest BCUT2D eigenvalue weighted by Crippen LogP contribution is -2.66. The molecule has 2 aromatic rings. The number of likely N-dealkylation sites (N-methyl/N-ethyl adjacent to an activating group) is 1. The van der Waals surface area contributed by atoms with Gasteiger partial charge in [0.05, 0.1) is 11.3 Å². The molecule has 0 saturated heterocycles. The van der Waals surface area contributed by atoms with Crippen LogP contribution in [0.1, 0.15) is 15.9 Å². The van der Waals surface area contributed by atoms with E-state index in [9.17, 15) is 9.59 Å². The second-order valence-electron chi connectivity index (χ2n) is 6.23. The van der Waals surface area contributed by atoms with Crippen molar-refractivity contribution >= 4 is 23.2 Å². The summed E-state index contributed by atoms with van der Waals surface area (Å²) in [6, 6.07) is 14.8. The molecule has 1 N–H and O–H groups in total. The van der Waals surface area contributed by atoms with Gasteiger partial charge in [0, 0.05) is 32.4 Å². The number of benzene rings is 2. The Labute approximate surface area is 140 Å². The lowest BCUT2D eigenvalue weighted by Gasteiger charge is -2.47. The fourth-order valence-corrected chi connectivity index (χ4v) is 3.64. The molecule has 24 heavy (non-hydrogen) atoms. The Kier molecular flexibility index (Phi) is 2.95. The minimum Gasteiger partial charge on any atom is -0.349 e. The minimum atomic E-state index is -1.26. The Bertz CT molecular complexity index is 864. The molecule has 1 atom stereocenters. The van der Waals surface area contributed by atoms with Gasteiger partial charge in [-0.15, -0.1) is 0 Å². The van der Waals surface area contributed by atoms with Gasteiger partial charge in [-0.2, -0.15) is 0 Å². The number of carbonyl (C=O) groups is 2. The summed E-state index contributed by atoms with van der Waals surface area (Å²) in [5.41, 5.74) is 1.53. The van der Waals surface area contributed by atoms with Crippen LogP contribution in [0.25, 0.3) is 0 Å². The molecule has 2 aliphatic heterocycles. The molecule has 122 valence electrons. The largest absolute Gasteiger partial charge is 0.349 e. The summed E-state index contributed by atoms with van der Waals surface area (Å²) < 4.78 is 0. The number of nitrogens with one attached hydrogen (secondary N) is 1. The molecule has 2 aromatic carbocycles. The monoisotopic (exact) mass is 322 g/mol. The highest BCUT2D eigenvalue weighted by atomic mass is 16.2. The Balaban J connectivity index is 2.03. The molecule has 2 aliphatic rings. The molecule has 1 unspecified atom stereocenters. The van der Waals surface area contributed by atoms with E-state index in [0.717, 1.165) is 11.3 Å². The van der Waals surface area contributed by atoms with Crippen molar-refractivity contribution in [2.75, 3.05) is 31.4 Å². The van der Waals surface area contributed by atoms with Crippen molar-refractivity contribution in [1.82, 2.24) is 10.0 Å². The van der Waals surface area contributed by atoms with Gasteiger partial charge in [-0.05, 0) is 18.2 Å². The van der Waals surface area contributed by atoms with Crippen molar-refractivity contribution < 1.29 is 9.59 Å². The van der Waals surface area contributed by atoms with Crippen LogP contribution in [0.15, 0.2) is 48.5 Å². The molecule has 1 spiro atoms. The maximum Gasteiger partial charge on any atom is 0.279 e. The van der Waals surface area contributed by atoms with E-state index in [1.165, 1.54) is 5.01 Å². The lowest BCUT2D eigenvalue weighted by molar-refractivity contribution is -0.135. The predicted molar refractivity (Wildman–Crippen MR) is 91.5 cm³/mol. The van der Waals surface area contributed by atoms with Gasteiger partial charge in [0.2, 0.25) is 5.66 Å². The third-order valence-electron chi connectivity index (χ3n) is 4.65. The molecule has 2 amide bonds. The second-order valence-corrected chi connectivity index (χ2v) is 6.23. The van der Waals surface area contributed by atoms with Crippen molar-refractivity contribution in [3.8, 4) is 0 Å². The first-order valence-corrected chi connectivity index (χ1v) is 7.75. The number of para-hydroxylation sites is 2. The summed E-state index contributed by atoms with van der Waals surface area (Å²) in [5.74, 6) is -0.381. The van der Waals surface area contributed by atoms with Crippen LogP contribution in [0.2, 0.25) is 0 Å². The molecule has 0 aromatic heterocycles. The van der Waals surface area contributed by atoms with E-state index in [4.69, 9.17) is 0 Å². The number of hydrogen-bond acceptors (Lipinski definition) is 4. The van der Waals surface area contributed by atoms with Gasteiger partial charge in [-0.25, -0.2) is 10.0 Å². The molecule has 0 fully saturated rings. The van der Waals surface area contributed by atoms with E-state index in [1.807, 2.05) is 42.5 Å². The lowest BCUT2D eigenvalue weighted by atomic mass is 9.94. The van der Waals surface area contributed by atoms with E-state index in [-0.39, 0.29) is 11.8 Å². The Morgan fingerprint density at radius 3 is 2.42 bits per heavy atom. The van der Waals surface area contributed by atoms with Crippen LogP contribution in [0, 0.1) is 0 Å². The molecular formula is C18H18N4O2. The number of anilines is 2. The quantitative estimate of drug-likeness (QED) is 0.871. The summed E-state index contributed by atoms with van der Waals surface area (Å²) >= 11 is 0. The number of rotatable bonds is 1. The van der Waals surface area contributed by atoms with Gasteiger partial charge < -0.3 is 10.2 Å². The van der Waals surface area contributed by atoms with E-state index in [0.29, 0.717) is 11.3 Å². The number of hydrogen-bond donors (Lipinski definition) is 1. The summed E-state index contributed by atoms with van der Waals surface area (Å²) in [4.78, 5) is 28.0. The van der Waals surface area contributed by atoms with Gasteiger partial charge in [-0.3, -0.25) is 9.59 Å². The minimum absolute atomic E-state index is 0.180. The number of amides is 2. The normalized spacial score (nSPS) is 22.0. The second kappa shape index (κ2) is 4.82. The molecule has 6 heteroatoms. The molecule has 4 rings (SSSR count). The highest BCUT2D eigenvalue weighted by molar-refractivity contribution is 6.14. The predicted octanol–water partition coefficient (Wildman–Crippen LogP) is 1.86. The van der Waals surface area contributed by atoms with Crippen molar-refractivity contribution in [2.45, 2.75) is 5.66 Å². The maximum atomic E-state index is 13.3. The van der Waals surface area contributed by atoms with E-state index in [1.54, 1.807) is 37.1 Å². The summed E-state index contributed by atoms with van der Waals surface area (Å²) in [5, 5.41) is 6.51. The molecule has 0 radical (unpaired) electrons. The van der Waals surface area contributed by atoms with Gasteiger partial charge in [0.15, 0.2) is 0 Å². The van der Waals surface area contributed by atoms with Gasteiger partial charge in [0.1, 0.15) is 0 Å². The standard InChI is InChI=1S/C18H18N4O2/c1-20(2)22-16(23)12-8-4-6-10-14(12)19-18(22)13-9-5-7-11-15(13)21(3)17(18)24/h4-11,19H,1-3H3. The summed E-state index contributed by atoms with van der Waals surface area (Å²) in [6.45, 7) is 0. The fraction of sp³-hybridized carbons (Fsp3) is 0.222. The Morgan fingerprint density at radius 2 is 1.67 bits per heavy atom.